The van der Waals surface area contributed by atoms with E-state index in [1.807, 2.05) is 0 Å². The number of benzene rings is 1. The maximum atomic E-state index is 13.2. The molecule has 1 aromatic carbocycles. The van der Waals surface area contributed by atoms with E-state index in [0.29, 0.717) is 6.07 Å². The zero-order valence-corrected chi connectivity index (χ0v) is 8.72. The van der Waals surface area contributed by atoms with E-state index in [-0.39, 0.29) is 24.8 Å². The molecular weight excluding hydrogens is 240 g/mol. The molecule has 0 saturated heterocycles. The molecule has 0 aromatic heterocycles. The van der Waals surface area contributed by atoms with E-state index in [1.54, 1.807) is 0 Å². The molecule has 0 fully saturated rings. The van der Waals surface area contributed by atoms with Gasteiger partial charge in [-0.1, -0.05) is 0 Å². The zero-order chi connectivity index (χ0) is 13.0. The summed E-state index contributed by atoms with van der Waals surface area (Å²) in [7, 11) is 0. The first kappa shape index (κ1) is 13.5. The van der Waals surface area contributed by atoms with E-state index in [0.717, 1.165) is 6.07 Å². The van der Waals surface area contributed by atoms with Gasteiger partial charge < -0.3 is 5.11 Å². The van der Waals surface area contributed by atoms with E-state index in [2.05, 4.69) is 0 Å². The van der Waals surface area contributed by atoms with E-state index in [1.165, 1.54) is 0 Å². The number of carboxylic acid groups (broad SMARTS) is 1. The Morgan fingerprint density at radius 1 is 1.29 bits per heavy atom. The number of hydrogen-bond acceptors (Lipinski definition) is 1. The van der Waals surface area contributed by atoms with Gasteiger partial charge in [0.1, 0.15) is 0 Å². The Labute approximate surface area is 94.9 Å². The molecule has 0 aliphatic rings. The van der Waals surface area contributed by atoms with Crippen molar-refractivity contribution in [3.63, 3.8) is 0 Å². The van der Waals surface area contributed by atoms with Gasteiger partial charge in [0.2, 0.25) is 0 Å². The van der Waals surface area contributed by atoms with Crippen molar-refractivity contribution in [1.82, 2.24) is 0 Å². The molecule has 0 aliphatic carbocycles. The van der Waals surface area contributed by atoms with Crippen LogP contribution in [0, 0.1) is 11.6 Å². The largest absolute Gasteiger partial charge is 0.481 e. The van der Waals surface area contributed by atoms with Gasteiger partial charge >= 0.3 is 5.97 Å². The van der Waals surface area contributed by atoms with Crippen LogP contribution in [0.3, 0.4) is 0 Å². The second-order valence-corrected chi connectivity index (χ2v) is 3.52. The fourth-order valence-corrected chi connectivity index (χ4v) is 1.41. The van der Waals surface area contributed by atoms with E-state index >= 15 is 0 Å². The third kappa shape index (κ3) is 3.72. The second kappa shape index (κ2) is 5.65. The number of aliphatic carboxylic acids is 1. The first-order valence-corrected chi connectivity index (χ1v) is 4.89. The lowest BCUT2D eigenvalue weighted by Crippen LogP contribution is -2.01. The molecule has 0 saturated carbocycles. The molecule has 1 aromatic rings. The summed E-state index contributed by atoms with van der Waals surface area (Å²) in [5, 5.41) is 8.37. The zero-order valence-electron chi connectivity index (χ0n) is 8.72. The van der Waals surface area contributed by atoms with Gasteiger partial charge in [-0.25, -0.2) is 17.6 Å². The second-order valence-electron chi connectivity index (χ2n) is 3.52. The highest BCUT2D eigenvalue weighted by Gasteiger charge is 2.15. The lowest BCUT2D eigenvalue weighted by molar-refractivity contribution is -0.137. The average molecular weight is 250 g/mol. The van der Waals surface area contributed by atoms with Gasteiger partial charge in [0.25, 0.3) is 6.43 Å². The van der Waals surface area contributed by atoms with Crippen LogP contribution in [-0.4, -0.2) is 11.1 Å². The Bertz CT molecular complexity index is 418. The minimum Gasteiger partial charge on any atom is -0.481 e. The van der Waals surface area contributed by atoms with Crippen LogP contribution >= 0.6 is 0 Å². The van der Waals surface area contributed by atoms with Crippen LogP contribution in [-0.2, 0) is 11.2 Å². The molecule has 0 spiro atoms. The smallest absolute Gasteiger partial charge is 0.303 e. The van der Waals surface area contributed by atoms with Gasteiger partial charge in [-0.15, -0.1) is 0 Å². The Kier molecular flexibility index (Phi) is 4.48. The van der Waals surface area contributed by atoms with Crippen LogP contribution in [0.25, 0.3) is 0 Å². The van der Waals surface area contributed by atoms with Gasteiger partial charge in [-0.2, -0.15) is 0 Å². The summed E-state index contributed by atoms with van der Waals surface area (Å²) in [6.07, 6.45) is -3.13. The van der Waals surface area contributed by atoms with Crippen LogP contribution < -0.4 is 0 Å². The topological polar surface area (TPSA) is 37.3 Å². The number of carboxylic acids is 1. The number of aryl methyl sites for hydroxylation is 1. The molecule has 6 heteroatoms. The maximum absolute atomic E-state index is 13.2. The molecule has 2 nitrogen and oxygen atoms in total. The number of hydrogen-bond donors (Lipinski definition) is 1. The summed E-state index contributed by atoms with van der Waals surface area (Å²) < 4.78 is 50.8. The molecule has 0 unspecified atom stereocenters. The Balaban J connectivity index is 2.86. The standard InChI is InChI=1S/C11H10F4O2/c12-8-5-7(11(14)15)4-6(10(8)13)2-1-3-9(16)17/h4-5,11H,1-3H2,(H,16,17). The monoisotopic (exact) mass is 250 g/mol. The third-order valence-corrected chi connectivity index (χ3v) is 2.21. The summed E-state index contributed by atoms with van der Waals surface area (Å²) >= 11 is 0. The Morgan fingerprint density at radius 2 is 1.94 bits per heavy atom. The quantitative estimate of drug-likeness (QED) is 0.814. The van der Waals surface area contributed by atoms with E-state index < -0.39 is 29.6 Å². The minimum atomic E-state index is -2.89. The van der Waals surface area contributed by atoms with Crippen molar-refractivity contribution in [3.8, 4) is 0 Å². The summed E-state index contributed by atoms with van der Waals surface area (Å²) in [5.41, 5.74) is -0.823. The lowest BCUT2D eigenvalue weighted by Gasteiger charge is -2.07. The summed E-state index contributed by atoms with van der Waals surface area (Å²) in [6, 6.07) is 1.31. The van der Waals surface area contributed by atoms with Gasteiger partial charge in [-0.05, 0) is 30.5 Å². The molecule has 17 heavy (non-hydrogen) atoms. The van der Waals surface area contributed by atoms with Crippen molar-refractivity contribution in [1.29, 1.82) is 0 Å². The first-order chi connectivity index (χ1) is 7.91. The molecule has 94 valence electrons. The summed E-state index contributed by atoms with van der Waals surface area (Å²) in [5.74, 6) is -3.61. The molecule has 0 aliphatic heterocycles. The Hall–Kier alpha value is -1.59. The molecular formula is C11H10F4O2. The highest BCUT2D eigenvalue weighted by molar-refractivity contribution is 5.66. The molecule has 0 radical (unpaired) electrons. The lowest BCUT2D eigenvalue weighted by atomic mass is 10.0. The van der Waals surface area contributed by atoms with Crippen molar-refractivity contribution in [3.05, 3.63) is 34.9 Å². The average Bonchev–Trinajstić information content (AvgIpc) is 2.23. The normalized spacial score (nSPS) is 10.9. The summed E-state index contributed by atoms with van der Waals surface area (Å²) in [4.78, 5) is 10.2. The fourth-order valence-electron chi connectivity index (χ4n) is 1.41. The van der Waals surface area contributed by atoms with Crippen LogP contribution in [0.2, 0.25) is 0 Å². The number of alkyl halides is 2. The molecule has 0 bridgehead atoms. The highest BCUT2D eigenvalue weighted by Crippen LogP contribution is 2.24. The SMILES string of the molecule is O=C(O)CCCc1cc(C(F)F)cc(F)c1F. The Morgan fingerprint density at radius 3 is 2.47 bits per heavy atom. The summed E-state index contributed by atoms with van der Waals surface area (Å²) in [6.45, 7) is 0. The van der Waals surface area contributed by atoms with Crippen LogP contribution in [0.15, 0.2) is 12.1 Å². The maximum Gasteiger partial charge on any atom is 0.303 e. The number of rotatable bonds is 5. The molecule has 1 rings (SSSR count). The van der Waals surface area contributed by atoms with Crippen LogP contribution in [0.5, 0.6) is 0 Å². The van der Waals surface area contributed by atoms with Crippen molar-refractivity contribution in [2.75, 3.05) is 0 Å². The fraction of sp³-hybridized carbons (Fsp3) is 0.364. The molecule has 0 amide bonds. The van der Waals surface area contributed by atoms with Gasteiger partial charge in [-0.3, -0.25) is 4.79 Å². The number of carbonyl (C=O) groups is 1. The predicted molar refractivity (Wildman–Crippen MR) is 51.9 cm³/mol. The molecule has 1 N–H and O–H groups in total. The van der Waals surface area contributed by atoms with Crippen molar-refractivity contribution in [2.24, 2.45) is 0 Å². The van der Waals surface area contributed by atoms with Crippen LogP contribution in [0.1, 0.15) is 30.4 Å². The first-order valence-electron chi connectivity index (χ1n) is 4.89. The molecule has 0 heterocycles. The van der Waals surface area contributed by atoms with Crippen molar-refractivity contribution >= 4 is 5.97 Å². The third-order valence-electron chi connectivity index (χ3n) is 2.21. The van der Waals surface area contributed by atoms with E-state index in [9.17, 15) is 22.4 Å². The highest BCUT2D eigenvalue weighted by atomic mass is 19.3. The van der Waals surface area contributed by atoms with Gasteiger partial charge in [0.15, 0.2) is 11.6 Å². The predicted octanol–water partition coefficient (Wildman–Crippen LogP) is 3.31. The van der Waals surface area contributed by atoms with Crippen molar-refractivity contribution in [2.45, 2.75) is 25.7 Å². The van der Waals surface area contributed by atoms with Crippen LogP contribution in [0.4, 0.5) is 17.6 Å². The van der Waals surface area contributed by atoms with Crippen molar-refractivity contribution < 1.29 is 27.5 Å². The minimum absolute atomic E-state index is 0.0678. The van der Waals surface area contributed by atoms with Gasteiger partial charge in [0.05, 0.1) is 0 Å². The molecule has 0 atom stereocenters. The van der Waals surface area contributed by atoms with Gasteiger partial charge in [0, 0.05) is 12.0 Å². The van der Waals surface area contributed by atoms with E-state index in [4.69, 9.17) is 5.11 Å². The number of halogens is 4.